The van der Waals surface area contributed by atoms with Gasteiger partial charge in [-0.25, -0.2) is 9.97 Å². The van der Waals surface area contributed by atoms with E-state index in [1.807, 2.05) is 24.3 Å². The Labute approximate surface area is 226 Å². The maximum atomic E-state index is 10.4. The summed E-state index contributed by atoms with van der Waals surface area (Å²) in [5.41, 5.74) is 2.66. The number of aromatic hydroxyl groups is 4. The van der Waals surface area contributed by atoms with Gasteiger partial charge in [-0.2, -0.15) is 0 Å². The van der Waals surface area contributed by atoms with Crippen molar-refractivity contribution in [1.29, 1.82) is 0 Å². The van der Waals surface area contributed by atoms with E-state index in [1.165, 1.54) is 37.4 Å². The van der Waals surface area contributed by atoms with Gasteiger partial charge in [0.2, 0.25) is 11.6 Å². The molecule has 0 saturated carbocycles. The lowest BCUT2D eigenvalue weighted by atomic mass is 10.1. The van der Waals surface area contributed by atoms with Gasteiger partial charge in [-0.1, -0.05) is 12.1 Å². The SMILES string of the molecule is COc1cc(O)ccc1O.O=C1C=C(O)C(=O)C=C1O.O=S(=O)=O.Oc1cc2nc3ccccc3nc2cc1O. The largest absolute Gasteiger partial charge is 0.508 e. The molecule has 0 radical (unpaired) electrons. The smallest absolute Gasteiger partial charge is 0.425 e. The summed E-state index contributed by atoms with van der Waals surface area (Å²) in [5, 5.41) is 53.8. The fourth-order valence-electron chi connectivity index (χ4n) is 2.85. The Kier molecular flexibility index (Phi) is 10.5. The molecule has 1 aliphatic rings. The molecular weight excluding hydrogens is 552 g/mol. The van der Waals surface area contributed by atoms with E-state index >= 15 is 0 Å². The lowest BCUT2D eigenvalue weighted by Crippen LogP contribution is -2.12. The molecule has 0 fully saturated rings. The van der Waals surface area contributed by atoms with Crippen molar-refractivity contribution < 1.29 is 57.6 Å². The molecule has 0 unspecified atom stereocenters. The van der Waals surface area contributed by atoms with Crippen LogP contribution in [0.4, 0.5) is 0 Å². The van der Waals surface area contributed by atoms with Crippen molar-refractivity contribution in [3.05, 3.63) is 78.3 Å². The van der Waals surface area contributed by atoms with Crippen LogP contribution in [-0.4, -0.2) is 71.9 Å². The molecule has 1 aromatic heterocycles. The minimum Gasteiger partial charge on any atom is -0.508 e. The molecular formula is C25H20N2O12S. The van der Waals surface area contributed by atoms with Crippen molar-refractivity contribution in [2.45, 2.75) is 0 Å². The molecule has 1 heterocycles. The number of phenolic OH excluding ortho intramolecular Hbond substituents is 4. The number of ether oxygens (including phenoxy) is 1. The van der Waals surface area contributed by atoms with E-state index in [-0.39, 0.29) is 28.7 Å². The van der Waals surface area contributed by atoms with Crippen LogP contribution in [-0.2, 0) is 20.2 Å². The summed E-state index contributed by atoms with van der Waals surface area (Å²) in [7, 11) is -1.69. The van der Waals surface area contributed by atoms with Crippen LogP contribution in [0.3, 0.4) is 0 Å². The molecule has 6 N–H and O–H groups in total. The number of aromatic nitrogens is 2. The van der Waals surface area contributed by atoms with E-state index < -0.39 is 33.7 Å². The van der Waals surface area contributed by atoms with E-state index in [4.69, 9.17) is 37.8 Å². The number of aliphatic hydroxyl groups is 2. The van der Waals surface area contributed by atoms with Gasteiger partial charge in [-0.15, -0.1) is 12.6 Å². The summed E-state index contributed by atoms with van der Waals surface area (Å²) in [4.78, 5) is 29.6. The Hall–Kier alpha value is -5.70. The first-order valence-electron chi connectivity index (χ1n) is 10.6. The number of para-hydroxylation sites is 2. The molecule has 0 bridgehead atoms. The van der Waals surface area contributed by atoms with Crippen LogP contribution in [0.25, 0.3) is 22.1 Å². The maximum Gasteiger partial charge on any atom is 0.425 e. The van der Waals surface area contributed by atoms with Gasteiger partial charge in [0.1, 0.15) is 5.75 Å². The van der Waals surface area contributed by atoms with Crippen molar-refractivity contribution in [1.82, 2.24) is 9.97 Å². The van der Waals surface area contributed by atoms with E-state index in [2.05, 4.69) is 9.97 Å². The third-order valence-electron chi connectivity index (χ3n) is 4.64. The van der Waals surface area contributed by atoms with Gasteiger partial charge in [-0.05, 0) is 24.3 Å². The molecule has 14 nitrogen and oxygen atoms in total. The second-order valence-electron chi connectivity index (χ2n) is 7.39. The molecule has 15 heteroatoms. The standard InChI is InChI=1S/C12H8N2O2.C7H8O3.C6H4O4.O3S/c15-11-5-9-10(6-12(11)16)14-8-4-2-1-3-7(8)13-9;1-10-7-4-5(8)2-3-6(7)9;7-3-1-4(8)6(10)2-5(3)9;1-4(2)3/h1-6,15-16H;2-4,8-9H,1H3;1-2,7,10H;. The normalized spacial score (nSPS) is 11.9. The van der Waals surface area contributed by atoms with Crippen molar-refractivity contribution >= 4 is 44.2 Å². The lowest BCUT2D eigenvalue weighted by Gasteiger charge is -2.02. The highest BCUT2D eigenvalue weighted by molar-refractivity contribution is 7.59. The number of nitrogens with zero attached hydrogens (tertiary/aromatic N) is 2. The molecule has 0 aliphatic heterocycles. The van der Waals surface area contributed by atoms with Gasteiger partial charge in [0, 0.05) is 30.4 Å². The molecule has 3 aromatic carbocycles. The number of aliphatic hydroxyl groups excluding tert-OH is 2. The van der Waals surface area contributed by atoms with Crippen molar-refractivity contribution in [3.8, 4) is 28.7 Å². The van der Waals surface area contributed by atoms with Crippen LogP contribution in [0.2, 0.25) is 0 Å². The first-order chi connectivity index (χ1) is 18.8. The zero-order valence-corrected chi connectivity index (χ0v) is 21.1. The number of carbonyl (C=O) groups excluding carboxylic acids is 2. The Morgan fingerprint density at radius 2 is 1.05 bits per heavy atom. The molecule has 208 valence electrons. The highest BCUT2D eigenvalue weighted by atomic mass is 32.2. The number of ketones is 2. The van der Waals surface area contributed by atoms with Crippen LogP contribution in [0.5, 0.6) is 28.7 Å². The number of phenols is 4. The number of fused-ring (bicyclic) bond motifs is 2. The average Bonchev–Trinajstić information content (AvgIpc) is 2.89. The molecule has 0 spiro atoms. The summed E-state index contributed by atoms with van der Waals surface area (Å²) < 4.78 is 30.0. The number of benzene rings is 3. The predicted molar refractivity (Wildman–Crippen MR) is 138 cm³/mol. The van der Waals surface area contributed by atoms with Gasteiger partial charge in [0.15, 0.2) is 34.5 Å². The molecule has 0 saturated heterocycles. The third-order valence-corrected chi connectivity index (χ3v) is 4.64. The predicted octanol–water partition coefficient (Wildman–Crippen LogP) is 2.32. The zero-order chi connectivity index (χ0) is 30.0. The minimum absolute atomic E-state index is 0.0281. The van der Waals surface area contributed by atoms with Crippen molar-refractivity contribution in [2.24, 2.45) is 0 Å². The summed E-state index contributed by atoms with van der Waals surface area (Å²) in [5.74, 6) is -2.76. The van der Waals surface area contributed by atoms with Crippen molar-refractivity contribution in [2.75, 3.05) is 7.11 Å². The number of rotatable bonds is 1. The van der Waals surface area contributed by atoms with E-state index in [1.54, 1.807) is 0 Å². The van der Waals surface area contributed by atoms with Gasteiger partial charge < -0.3 is 35.4 Å². The number of carbonyl (C=O) groups is 2. The van der Waals surface area contributed by atoms with Crippen LogP contribution in [0.1, 0.15) is 0 Å². The minimum atomic E-state index is -3.11. The summed E-state index contributed by atoms with van der Waals surface area (Å²) >= 11 is 0. The summed E-state index contributed by atoms with van der Waals surface area (Å²) in [6, 6.07) is 14.4. The topological polar surface area (TPSA) is 242 Å². The molecule has 0 atom stereocenters. The van der Waals surface area contributed by atoms with Crippen LogP contribution >= 0.6 is 0 Å². The average molecular weight is 573 g/mol. The Morgan fingerprint density at radius 1 is 0.625 bits per heavy atom. The number of hydrogen-bond donors (Lipinski definition) is 6. The van der Waals surface area contributed by atoms with Gasteiger partial charge >= 0.3 is 10.6 Å². The van der Waals surface area contributed by atoms with E-state index in [0.29, 0.717) is 23.2 Å². The fourth-order valence-corrected chi connectivity index (χ4v) is 2.85. The first kappa shape index (κ1) is 30.5. The molecule has 1 aliphatic carbocycles. The summed E-state index contributed by atoms with van der Waals surface area (Å²) in [6.45, 7) is 0. The van der Waals surface area contributed by atoms with Crippen molar-refractivity contribution in [3.63, 3.8) is 0 Å². The summed E-state index contributed by atoms with van der Waals surface area (Å²) in [6.07, 6.45) is 1.36. The Balaban J connectivity index is 0.000000205. The van der Waals surface area contributed by atoms with Crippen LogP contribution in [0.15, 0.2) is 78.3 Å². The second-order valence-corrected chi connectivity index (χ2v) is 7.80. The zero-order valence-electron chi connectivity index (χ0n) is 20.3. The lowest BCUT2D eigenvalue weighted by molar-refractivity contribution is -0.118. The van der Waals surface area contributed by atoms with Gasteiger partial charge in [-0.3, -0.25) is 9.59 Å². The molecule has 5 rings (SSSR count). The quantitative estimate of drug-likeness (QED) is 0.0830. The number of allylic oxidation sites excluding steroid dienone is 2. The van der Waals surface area contributed by atoms with E-state index in [9.17, 15) is 19.8 Å². The first-order valence-corrected chi connectivity index (χ1v) is 11.6. The molecule has 4 aromatic rings. The third kappa shape index (κ3) is 8.70. The highest BCUT2D eigenvalue weighted by Gasteiger charge is 2.18. The second kappa shape index (κ2) is 13.7. The molecule has 40 heavy (non-hydrogen) atoms. The monoisotopic (exact) mass is 572 g/mol. The van der Waals surface area contributed by atoms with Gasteiger partial charge in [0.05, 0.1) is 29.2 Å². The fraction of sp³-hybridized carbons (Fsp3) is 0.0400. The maximum absolute atomic E-state index is 10.4. The van der Waals surface area contributed by atoms with E-state index in [0.717, 1.165) is 11.0 Å². The number of methoxy groups -OCH3 is 1. The van der Waals surface area contributed by atoms with Gasteiger partial charge in [0.25, 0.3) is 0 Å². The Bertz CT molecular complexity index is 1660. The van der Waals surface area contributed by atoms with Crippen LogP contribution in [0, 0.1) is 0 Å². The van der Waals surface area contributed by atoms with Crippen LogP contribution < -0.4 is 4.74 Å². The Morgan fingerprint density at radius 3 is 1.43 bits per heavy atom. The number of hydrogen-bond acceptors (Lipinski definition) is 14. The highest BCUT2D eigenvalue weighted by Crippen LogP contribution is 2.29. The molecule has 0 amide bonds.